The third kappa shape index (κ3) is 2.15. The number of hydrogen-bond donors (Lipinski definition) is 1. The largest absolute Gasteiger partial charge is 0.305 e. The molecule has 1 saturated heterocycles. The Morgan fingerprint density at radius 3 is 2.88 bits per heavy atom. The molecule has 6 heteroatoms. The van der Waals surface area contributed by atoms with Crippen LogP contribution in [0, 0.1) is 0 Å². The molecular weight excluding hydrogens is 284 g/mol. The Hall–Kier alpha value is -0.750. The highest BCUT2D eigenvalue weighted by Gasteiger charge is 2.42. The number of nitrogens with one attached hydrogen (secondary N) is 1. The number of aromatic nitrogens is 3. The van der Waals surface area contributed by atoms with E-state index >= 15 is 0 Å². The van der Waals surface area contributed by atoms with Crippen LogP contribution in [-0.2, 0) is 7.05 Å². The average Bonchev–Trinajstić information content (AvgIpc) is 2.88. The SMILES string of the molecule is CCCC1(C(=O)c2c(Br)nnn2C)CCCN1. The standard InChI is InChI=1S/C11H17BrN4O/c1-3-5-11(6-4-7-13-11)9(17)8-10(12)14-15-16(8)2/h13H,3-7H2,1-2H3. The fraction of sp³-hybridized carbons (Fsp3) is 0.727. The number of carbonyl (C=O) groups excluding carboxylic acids is 1. The number of Topliss-reactive ketones (excluding diaryl/α,β-unsaturated/α-hetero) is 1. The maximum Gasteiger partial charge on any atom is 0.203 e. The van der Waals surface area contributed by atoms with E-state index in [-0.39, 0.29) is 5.78 Å². The molecule has 0 aliphatic carbocycles. The fourth-order valence-electron chi connectivity index (χ4n) is 2.55. The maximum atomic E-state index is 12.7. The van der Waals surface area contributed by atoms with Gasteiger partial charge in [-0.15, -0.1) is 5.10 Å². The summed E-state index contributed by atoms with van der Waals surface area (Å²) in [4.78, 5) is 12.7. The van der Waals surface area contributed by atoms with Gasteiger partial charge >= 0.3 is 0 Å². The van der Waals surface area contributed by atoms with E-state index in [4.69, 9.17) is 0 Å². The van der Waals surface area contributed by atoms with Crippen LogP contribution in [0.25, 0.3) is 0 Å². The maximum absolute atomic E-state index is 12.7. The van der Waals surface area contributed by atoms with Crippen molar-refractivity contribution in [1.29, 1.82) is 0 Å². The monoisotopic (exact) mass is 300 g/mol. The summed E-state index contributed by atoms with van der Waals surface area (Å²) in [5.41, 5.74) is 0.153. The zero-order chi connectivity index (χ0) is 12.5. The van der Waals surface area contributed by atoms with E-state index in [9.17, 15) is 4.79 Å². The molecule has 0 bridgehead atoms. The van der Waals surface area contributed by atoms with E-state index in [1.165, 1.54) is 0 Å². The van der Waals surface area contributed by atoms with Crippen molar-refractivity contribution in [1.82, 2.24) is 20.3 Å². The van der Waals surface area contributed by atoms with Crippen molar-refractivity contribution in [2.24, 2.45) is 7.05 Å². The molecule has 2 heterocycles. The summed E-state index contributed by atoms with van der Waals surface area (Å²) in [5.74, 6) is 0.108. The molecular formula is C11H17BrN4O. The van der Waals surface area contributed by atoms with Crippen molar-refractivity contribution in [2.45, 2.75) is 38.1 Å². The lowest BCUT2D eigenvalue weighted by molar-refractivity contribution is 0.0846. The summed E-state index contributed by atoms with van der Waals surface area (Å²) in [7, 11) is 1.75. The highest BCUT2D eigenvalue weighted by molar-refractivity contribution is 9.10. The minimum atomic E-state index is -0.410. The Labute approximate surface area is 109 Å². The van der Waals surface area contributed by atoms with Crippen LogP contribution in [0.5, 0.6) is 0 Å². The summed E-state index contributed by atoms with van der Waals surface area (Å²) in [6, 6.07) is 0. The number of aryl methyl sites for hydroxylation is 1. The number of hydrogen-bond acceptors (Lipinski definition) is 4. The van der Waals surface area contributed by atoms with Crippen LogP contribution < -0.4 is 5.32 Å². The second-order valence-corrected chi connectivity index (χ2v) is 5.30. The zero-order valence-corrected chi connectivity index (χ0v) is 11.7. The fourth-order valence-corrected chi connectivity index (χ4v) is 3.06. The number of nitrogens with zero attached hydrogens (tertiary/aromatic N) is 3. The first-order valence-electron chi connectivity index (χ1n) is 5.96. The summed E-state index contributed by atoms with van der Waals surface area (Å²) >= 11 is 3.30. The van der Waals surface area contributed by atoms with Gasteiger partial charge in [-0.05, 0) is 41.7 Å². The smallest absolute Gasteiger partial charge is 0.203 e. The van der Waals surface area contributed by atoms with Crippen molar-refractivity contribution < 1.29 is 4.79 Å². The van der Waals surface area contributed by atoms with E-state index < -0.39 is 5.54 Å². The molecule has 94 valence electrons. The second-order valence-electron chi connectivity index (χ2n) is 4.54. The van der Waals surface area contributed by atoms with Crippen molar-refractivity contribution in [3.8, 4) is 0 Å². The van der Waals surface area contributed by atoms with Crippen LogP contribution in [0.4, 0.5) is 0 Å². The quantitative estimate of drug-likeness (QED) is 0.860. The Morgan fingerprint density at radius 1 is 1.65 bits per heavy atom. The van der Waals surface area contributed by atoms with Crippen molar-refractivity contribution in [2.75, 3.05) is 6.54 Å². The Morgan fingerprint density at radius 2 is 2.41 bits per heavy atom. The number of ketones is 1. The van der Waals surface area contributed by atoms with E-state index in [1.807, 2.05) is 0 Å². The molecule has 2 rings (SSSR count). The van der Waals surface area contributed by atoms with Gasteiger partial charge in [0.25, 0.3) is 0 Å². The molecule has 1 aliphatic rings. The van der Waals surface area contributed by atoms with E-state index in [0.29, 0.717) is 10.3 Å². The van der Waals surface area contributed by atoms with Gasteiger partial charge in [0.2, 0.25) is 5.78 Å². The van der Waals surface area contributed by atoms with E-state index in [0.717, 1.165) is 32.2 Å². The van der Waals surface area contributed by atoms with Crippen LogP contribution in [0.15, 0.2) is 4.60 Å². The van der Waals surface area contributed by atoms with Gasteiger partial charge in [-0.3, -0.25) is 4.79 Å². The van der Waals surface area contributed by atoms with Gasteiger partial charge in [0.1, 0.15) is 5.69 Å². The Kier molecular flexibility index (Phi) is 3.63. The van der Waals surface area contributed by atoms with Crippen LogP contribution in [-0.4, -0.2) is 32.9 Å². The molecule has 1 unspecified atom stereocenters. The molecule has 0 radical (unpaired) electrons. The van der Waals surface area contributed by atoms with Gasteiger partial charge in [0, 0.05) is 7.05 Å². The van der Waals surface area contributed by atoms with Gasteiger partial charge in [0.15, 0.2) is 4.60 Å². The molecule has 0 spiro atoms. The lowest BCUT2D eigenvalue weighted by Crippen LogP contribution is -2.48. The minimum absolute atomic E-state index is 0.108. The van der Waals surface area contributed by atoms with E-state index in [2.05, 4.69) is 38.5 Å². The number of carbonyl (C=O) groups is 1. The molecule has 5 nitrogen and oxygen atoms in total. The van der Waals surface area contributed by atoms with Gasteiger partial charge in [-0.2, -0.15) is 0 Å². The summed E-state index contributed by atoms with van der Waals surface area (Å²) in [6.07, 6.45) is 3.80. The average molecular weight is 301 g/mol. The topological polar surface area (TPSA) is 59.8 Å². The van der Waals surface area contributed by atoms with Crippen molar-refractivity contribution >= 4 is 21.7 Å². The summed E-state index contributed by atoms with van der Waals surface area (Å²) in [5, 5.41) is 11.1. The van der Waals surface area contributed by atoms with Crippen molar-refractivity contribution in [3.05, 3.63) is 10.3 Å². The zero-order valence-electron chi connectivity index (χ0n) is 10.2. The third-order valence-corrected chi connectivity index (χ3v) is 3.89. The molecule has 1 fully saturated rings. The molecule has 1 aromatic rings. The molecule has 1 aromatic heterocycles. The first-order chi connectivity index (χ1) is 8.10. The van der Waals surface area contributed by atoms with E-state index in [1.54, 1.807) is 11.7 Å². The molecule has 1 N–H and O–H groups in total. The first kappa shape index (κ1) is 12.7. The predicted octanol–water partition coefficient (Wildman–Crippen LogP) is 1.68. The second kappa shape index (κ2) is 4.86. The first-order valence-corrected chi connectivity index (χ1v) is 6.75. The molecule has 0 aromatic carbocycles. The lowest BCUT2D eigenvalue weighted by atomic mass is 9.86. The summed E-state index contributed by atoms with van der Waals surface area (Å²) in [6.45, 7) is 3.01. The highest BCUT2D eigenvalue weighted by atomic mass is 79.9. The predicted molar refractivity (Wildman–Crippen MR) is 67.9 cm³/mol. The lowest BCUT2D eigenvalue weighted by Gasteiger charge is -2.27. The van der Waals surface area contributed by atoms with Crippen LogP contribution in [0.3, 0.4) is 0 Å². The van der Waals surface area contributed by atoms with Gasteiger partial charge < -0.3 is 5.32 Å². The minimum Gasteiger partial charge on any atom is -0.305 e. The Balaban J connectivity index is 2.35. The molecule has 1 aliphatic heterocycles. The number of rotatable bonds is 4. The Bertz CT molecular complexity index is 404. The van der Waals surface area contributed by atoms with Crippen LogP contribution in [0.1, 0.15) is 43.1 Å². The molecule has 0 amide bonds. The van der Waals surface area contributed by atoms with Crippen LogP contribution >= 0.6 is 15.9 Å². The number of halogens is 1. The van der Waals surface area contributed by atoms with Gasteiger partial charge in [-0.1, -0.05) is 18.6 Å². The third-order valence-electron chi connectivity index (χ3n) is 3.36. The van der Waals surface area contributed by atoms with Crippen molar-refractivity contribution in [3.63, 3.8) is 0 Å². The molecule has 17 heavy (non-hydrogen) atoms. The van der Waals surface area contributed by atoms with Crippen LogP contribution in [0.2, 0.25) is 0 Å². The van der Waals surface area contributed by atoms with Gasteiger partial charge in [-0.25, -0.2) is 4.68 Å². The van der Waals surface area contributed by atoms with Gasteiger partial charge in [0.05, 0.1) is 5.54 Å². The highest BCUT2D eigenvalue weighted by Crippen LogP contribution is 2.30. The molecule has 0 saturated carbocycles. The summed E-state index contributed by atoms with van der Waals surface area (Å²) < 4.78 is 2.08. The normalized spacial score (nSPS) is 24.2. The molecule has 1 atom stereocenters.